The van der Waals surface area contributed by atoms with Gasteiger partial charge in [-0.2, -0.15) is 11.3 Å². The lowest BCUT2D eigenvalue weighted by atomic mass is 10.2. The highest BCUT2D eigenvalue weighted by Gasteiger charge is 2.07. The van der Waals surface area contributed by atoms with Gasteiger partial charge >= 0.3 is 0 Å². The lowest BCUT2D eigenvalue weighted by Gasteiger charge is -2.10. The van der Waals surface area contributed by atoms with Gasteiger partial charge in [-0.15, -0.1) is 11.3 Å². The number of rotatable bonds is 5. The molecule has 0 aromatic carbocycles. The van der Waals surface area contributed by atoms with Crippen LogP contribution < -0.4 is 5.32 Å². The summed E-state index contributed by atoms with van der Waals surface area (Å²) in [6, 6.07) is 4.09. The minimum Gasteiger partial charge on any atom is -0.387 e. The molecule has 2 heterocycles. The van der Waals surface area contributed by atoms with Gasteiger partial charge in [0.1, 0.15) is 0 Å². The SMILES string of the molecule is Cc1ccsc1CNCC(O)c1ccsc1. The van der Waals surface area contributed by atoms with E-state index in [0.29, 0.717) is 6.54 Å². The molecule has 2 N–H and O–H groups in total. The molecule has 4 heteroatoms. The zero-order chi connectivity index (χ0) is 11.4. The van der Waals surface area contributed by atoms with Crippen molar-refractivity contribution in [3.63, 3.8) is 0 Å². The van der Waals surface area contributed by atoms with Gasteiger partial charge in [0.15, 0.2) is 0 Å². The Morgan fingerprint density at radius 2 is 2.25 bits per heavy atom. The van der Waals surface area contributed by atoms with Crippen molar-refractivity contribution in [2.24, 2.45) is 0 Å². The van der Waals surface area contributed by atoms with Crippen molar-refractivity contribution in [1.82, 2.24) is 5.32 Å². The summed E-state index contributed by atoms with van der Waals surface area (Å²) in [6.07, 6.45) is -0.397. The monoisotopic (exact) mass is 253 g/mol. The van der Waals surface area contributed by atoms with E-state index < -0.39 is 6.10 Å². The third-order valence-corrected chi connectivity index (χ3v) is 4.24. The molecule has 0 spiro atoms. The maximum atomic E-state index is 9.85. The van der Waals surface area contributed by atoms with Gasteiger partial charge in [0.05, 0.1) is 6.10 Å². The minimum atomic E-state index is -0.397. The summed E-state index contributed by atoms with van der Waals surface area (Å²) in [7, 11) is 0. The highest BCUT2D eigenvalue weighted by atomic mass is 32.1. The molecule has 2 aromatic heterocycles. The van der Waals surface area contributed by atoms with Crippen molar-refractivity contribution in [2.75, 3.05) is 6.54 Å². The van der Waals surface area contributed by atoms with Crippen LogP contribution in [0.15, 0.2) is 28.3 Å². The zero-order valence-electron chi connectivity index (χ0n) is 9.14. The number of aliphatic hydroxyl groups is 1. The molecule has 1 atom stereocenters. The Kier molecular flexibility index (Phi) is 4.12. The Labute approximate surface area is 104 Å². The van der Waals surface area contributed by atoms with E-state index in [0.717, 1.165) is 12.1 Å². The molecule has 86 valence electrons. The molecular formula is C12H15NOS2. The fraction of sp³-hybridized carbons (Fsp3) is 0.333. The second-order valence-electron chi connectivity index (χ2n) is 3.73. The second kappa shape index (κ2) is 5.59. The topological polar surface area (TPSA) is 32.3 Å². The Bertz CT molecular complexity index is 422. The standard InChI is InChI=1S/C12H15NOS2/c1-9-2-5-16-12(9)7-13-6-11(14)10-3-4-15-8-10/h2-5,8,11,13-14H,6-7H2,1H3. The van der Waals surface area contributed by atoms with Crippen molar-refractivity contribution in [3.05, 3.63) is 44.3 Å². The molecule has 2 nitrogen and oxygen atoms in total. The molecule has 1 unspecified atom stereocenters. The quantitative estimate of drug-likeness (QED) is 0.858. The summed E-state index contributed by atoms with van der Waals surface area (Å²) >= 11 is 3.37. The zero-order valence-corrected chi connectivity index (χ0v) is 10.8. The van der Waals surface area contributed by atoms with Gasteiger partial charge in [0.25, 0.3) is 0 Å². The van der Waals surface area contributed by atoms with Gasteiger partial charge < -0.3 is 10.4 Å². The van der Waals surface area contributed by atoms with E-state index in [2.05, 4.69) is 23.7 Å². The highest BCUT2D eigenvalue weighted by Crippen LogP contribution is 2.17. The molecule has 0 aliphatic rings. The normalized spacial score (nSPS) is 12.9. The van der Waals surface area contributed by atoms with Crippen LogP contribution in [0.1, 0.15) is 22.1 Å². The van der Waals surface area contributed by atoms with E-state index in [4.69, 9.17) is 0 Å². The molecule has 0 aliphatic carbocycles. The number of hydrogen-bond acceptors (Lipinski definition) is 4. The number of thiophene rings is 2. The molecule has 0 amide bonds. The number of aryl methyl sites for hydroxylation is 1. The van der Waals surface area contributed by atoms with Gasteiger partial charge in [-0.3, -0.25) is 0 Å². The minimum absolute atomic E-state index is 0.397. The predicted octanol–water partition coefficient (Wildman–Crippen LogP) is 2.94. The fourth-order valence-corrected chi connectivity index (χ4v) is 3.07. The summed E-state index contributed by atoms with van der Waals surface area (Å²) < 4.78 is 0. The summed E-state index contributed by atoms with van der Waals surface area (Å²) in [6.45, 7) is 3.56. The molecule has 0 radical (unpaired) electrons. The van der Waals surface area contributed by atoms with Gasteiger partial charge in [0.2, 0.25) is 0 Å². The molecule has 0 bridgehead atoms. The van der Waals surface area contributed by atoms with Crippen molar-refractivity contribution in [2.45, 2.75) is 19.6 Å². The molecule has 2 aromatic rings. The summed E-state index contributed by atoms with van der Waals surface area (Å²) in [5.74, 6) is 0. The van der Waals surface area contributed by atoms with Gasteiger partial charge in [-0.25, -0.2) is 0 Å². The van der Waals surface area contributed by atoms with E-state index >= 15 is 0 Å². The van der Waals surface area contributed by atoms with Gasteiger partial charge in [-0.05, 0) is 46.3 Å². The van der Waals surface area contributed by atoms with Gasteiger partial charge in [0, 0.05) is 18.0 Å². The Morgan fingerprint density at radius 1 is 1.38 bits per heavy atom. The smallest absolute Gasteiger partial charge is 0.0922 e. The molecule has 0 saturated carbocycles. The molecule has 0 fully saturated rings. The first-order valence-electron chi connectivity index (χ1n) is 5.21. The van der Waals surface area contributed by atoms with E-state index in [9.17, 15) is 5.11 Å². The van der Waals surface area contributed by atoms with E-state index in [1.165, 1.54) is 10.4 Å². The molecular weight excluding hydrogens is 238 g/mol. The van der Waals surface area contributed by atoms with Crippen LogP contribution in [-0.4, -0.2) is 11.7 Å². The number of nitrogens with one attached hydrogen (secondary N) is 1. The Hall–Kier alpha value is -0.680. The van der Waals surface area contributed by atoms with Crippen LogP contribution in [-0.2, 0) is 6.54 Å². The summed E-state index contributed by atoms with van der Waals surface area (Å²) in [5.41, 5.74) is 2.32. The van der Waals surface area contributed by atoms with Gasteiger partial charge in [-0.1, -0.05) is 0 Å². The van der Waals surface area contributed by atoms with E-state index in [1.54, 1.807) is 22.7 Å². The van der Waals surface area contributed by atoms with Crippen molar-refractivity contribution in [1.29, 1.82) is 0 Å². The lowest BCUT2D eigenvalue weighted by Crippen LogP contribution is -2.20. The molecule has 0 aliphatic heterocycles. The van der Waals surface area contributed by atoms with Crippen LogP contribution in [0.4, 0.5) is 0 Å². The highest BCUT2D eigenvalue weighted by molar-refractivity contribution is 7.10. The van der Waals surface area contributed by atoms with Crippen molar-refractivity contribution in [3.8, 4) is 0 Å². The summed E-state index contributed by atoms with van der Waals surface area (Å²) in [5, 5.41) is 19.2. The van der Waals surface area contributed by atoms with Crippen molar-refractivity contribution >= 4 is 22.7 Å². The van der Waals surface area contributed by atoms with Crippen LogP contribution in [0.2, 0.25) is 0 Å². The molecule has 2 rings (SSSR count). The lowest BCUT2D eigenvalue weighted by molar-refractivity contribution is 0.175. The average molecular weight is 253 g/mol. The Morgan fingerprint density at radius 3 is 2.88 bits per heavy atom. The third-order valence-electron chi connectivity index (χ3n) is 2.52. The first-order chi connectivity index (χ1) is 7.77. The second-order valence-corrected chi connectivity index (χ2v) is 5.51. The fourth-order valence-electron chi connectivity index (χ4n) is 1.49. The van der Waals surface area contributed by atoms with Crippen LogP contribution >= 0.6 is 22.7 Å². The third kappa shape index (κ3) is 2.92. The average Bonchev–Trinajstić information content (AvgIpc) is 2.90. The molecule has 0 saturated heterocycles. The Balaban J connectivity index is 1.78. The maximum Gasteiger partial charge on any atom is 0.0922 e. The van der Waals surface area contributed by atoms with E-state index in [-0.39, 0.29) is 0 Å². The number of hydrogen-bond donors (Lipinski definition) is 2. The first kappa shape index (κ1) is 11.8. The first-order valence-corrected chi connectivity index (χ1v) is 7.03. The summed E-state index contributed by atoms with van der Waals surface area (Å²) in [4.78, 5) is 1.34. The van der Waals surface area contributed by atoms with Crippen LogP contribution in [0, 0.1) is 6.92 Å². The van der Waals surface area contributed by atoms with Crippen LogP contribution in [0.25, 0.3) is 0 Å². The maximum absolute atomic E-state index is 9.85. The van der Waals surface area contributed by atoms with Crippen LogP contribution in [0.5, 0.6) is 0 Å². The van der Waals surface area contributed by atoms with E-state index in [1.807, 2.05) is 16.8 Å². The predicted molar refractivity (Wildman–Crippen MR) is 70.0 cm³/mol. The van der Waals surface area contributed by atoms with Crippen LogP contribution in [0.3, 0.4) is 0 Å². The number of aliphatic hydroxyl groups excluding tert-OH is 1. The largest absolute Gasteiger partial charge is 0.387 e. The van der Waals surface area contributed by atoms with Crippen molar-refractivity contribution < 1.29 is 5.11 Å². The molecule has 16 heavy (non-hydrogen) atoms.